The van der Waals surface area contributed by atoms with Crippen molar-refractivity contribution in [3.05, 3.63) is 46.5 Å². The maximum absolute atomic E-state index is 13.3. The van der Waals surface area contributed by atoms with Crippen LogP contribution in [0.4, 0.5) is 5.69 Å². The molecule has 2 aromatic rings. The number of nitrogens with one attached hydrogen (secondary N) is 1. The van der Waals surface area contributed by atoms with Crippen molar-refractivity contribution in [1.29, 1.82) is 0 Å². The zero-order valence-electron chi connectivity index (χ0n) is 20.9. The summed E-state index contributed by atoms with van der Waals surface area (Å²) in [6.07, 6.45) is 0.714. The first-order valence-corrected chi connectivity index (χ1v) is 12.7. The smallest absolute Gasteiger partial charge is 0.340 e. The molecule has 0 aliphatic carbocycles. The molecule has 190 valence electrons. The summed E-state index contributed by atoms with van der Waals surface area (Å²) in [4.78, 5) is 25.7. The first-order chi connectivity index (χ1) is 16.5. The van der Waals surface area contributed by atoms with E-state index in [1.807, 2.05) is 19.1 Å². The minimum absolute atomic E-state index is 0.129. The summed E-state index contributed by atoms with van der Waals surface area (Å²) in [7, 11) is 0.468. The molecule has 1 fully saturated rings. The quantitative estimate of drug-likeness (QED) is 0.575. The van der Waals surface area contributed by atoms with E-state index in [1.54, 1.807) is 13.8 Å². The molecule has 1 N–H and O–H groups in total. The number of carbonyl (C=O) groups is 2. The summed E-state index contributed by atoms with van der Waals surface area (Å²) in [6, 6.07) is 6.68. The Bertz CT molecular complexity index is 1210. The minimum atomic E-state index is -3.68. The molecule has 1 aliphatic heterocycles. The van der Waals surface area contributed by atoms with Crippen LogP contribution in [0.3, 0.4) is 0 Å². The van der Waals surface area contributed by atoms with Crippen LogP contribution in [0.25, 0.3) is 0 Å². The Kier molecular flexibility index (Phi) is 8.07. The van der Waals surface area contributed by atoms with Gasteiger partial charge < -0.3 is 19.5 Å². The molecule has 0 saturated carbocycles. The molecular weight excluding hydrogens is 472 g/mol. The number of anilines is 1. The van der Waals surface area contributed by atoms with Gasteiger partial charge in [-0.05, 0) is 44.7 Å². The monoisotopic (exact) mass is 504 g/mol. The van der Waals surface area contributed by atoms with E-state index in [2.05, 4.69) is 5.32 Å². The molecule has 10 heteroatoms. The van der Waals surface area contributed by atoms with Gasteiger partial charge in [-0.3, -0.25) is 4.79 Å². The Hall–Kier alpha value is -3.11. The standard InChI is InChI=1S/C25H32N2O7S/c1-15-11-16(2)23(17(3)12-15)35(30,31)27-9-7-18(8-10-27)24(28)26-20-14-22(33-5)21(32-4)13-19(20)25(29)34-6/h11-14,18H,7-10H2,1-6H3,(H,26,28). The Balaban J connectivity index is 1.77. The van der Waals surface area contributed by atoms with Gasteiger partial charge in [0, 0.05) is 31.1 Å². The number of benzene rings is 2. The van der Waals surface area contributed by atoms with Crippen molar-refractivity contribution in [2.24, 2.45) is 5.92 Å². The Morgan fingerprint density at radius 2 is 1.46 bits per heavy atom. The Morgan fingerprint density at radius 1 is 0.914 bits per heavy atom. The number of amides is 1. The van der Waals surface area contributed by atoms with Crippen LogP contribution in [-0.2, 0) is 19.6 Å². The maximum Gasteiger partial charge on any atom is 0.340 e. The molecule has 3 rings (SSSR count). The minimum Gasteiger partial charge on any atom is -0.493 e. The fraction of sp³-hybridized carbons (Fsp3) is 0.440. The number of ether oxygens (including phenoxy) is 3. The van der Waals surface area contributed by atoms with E-state index in [1.165, 1.54) is 37.8 Å². The number of methoxy groups -OCH3 is 3. The first-order valence-electron chi connectivity index (χ1n) is 11.3. The summed E-state index contributed by atoms with van der Waals surface area (Å²) in [5, 5.41) is 2.79. The summed E-state index contributed by atoms with van der Waals surface area (Å²) in [6.45, 7) is 5.99. The second kappa shape index (κ2) is 10.7. The van der Waals surface area contributed by atoms with Gasteiger partial charge in [0.2, 0.25) is 15.9 Å². The molecule has 1 aliphatic rings. The molecule has 0 atom stereocenters. The number of hydrogen-bond acceptors (Lipinski definition) is 7. The van der Waals surface area contributed by atoms with Crippen molar-refractivity contribution < 1.29 is 32.2 Å². The van der Waals surface area contributed by atoms with Crippen molar-refractivity contribution in [3.8, 4) is 11.5 Å². The number of nitrogens with zero attached hydrogens (tertiary/aromatic N) is 1. The van der Waals surface area contributed by atoms with Gasteiger partial charge >= 0.3 is 5.97 Å². The number of sulfonamides is 1. The molecule has 35 heavy (non-hydrogen) atoms. The highest BCUT2D eigenvalue weighted by molar-refractivity contribution is 7.89. The summed E-state index contributed by atoms with van der Waals surface area (Å²) < 4.78 is 43.5. The highest BCUT2D eigenvalue weighted by Crippen LogP contribution is 2.35. The van der Waals surface area contributed by atoms with Gasteiger partial charge in [0.1, 0.15) is 0 Å². The molecule has 1 saturated heterocycles. The lowest BCUT2D eigenvalue weighted by atomic mass is 9.97. The SMILES string of the molecule is COC(=O)c1cc(OC)c(OC)cc1NC(=O)C1CCN(S(=O)(=O)c2c(C)cc(C)cc2C)CC1. The van der Waals surface area contributed by atoms with Crippen LogP contribution in [0.1, 0.15) is 39.9 Å². The first kappa shape index (κ1) is 26.5. The third kappa shape index (κ3) is 5.43. The third-order valence-corrected chi connectivity index (χ3v) is 8.42. The van der Waals surface area contributed by atoms with E-state index in [9.17, 15) is 18.0 Å². The van der Waals surface area contributed by atoms with Crippen LogP contribution >= 0.6 is 0 Å². The normalized spacial score (nSPS) is 14.9. The molecule has 0 radical (unpaired) electrons. The van der Waals surface area contributed by atoms with Gasteiger partial charge in [0.15, 0.2) is 11.5 Å². The van der Waals surface area contributed by atoms with E-state index in [-0.39, 0.29) is 30.2 Å². The average Bonchev–Trinajstić information content (AvgIpc) is 2.82. The molecular formula is C25H32N2O7S. The molecule has 0 bridgehead atoms. The van der Waals surface area contributed by atoms with E-state index in [4.69, 9.17) is 14.2 Å². The lowest BCUT2D eigenvalue weighted by Gasteiger charge is -2.31. The van der Waals surface area contributed by atoms with E-state index < -0.39 is 21.9 Å². The number of hydrogen-bond donors (Lipinski definition) is 1. The van der Waals surface area contributed by atoms with Crippen LogP contribution in [0.2, 0.25) is 0 Å². The maximum atomic E-state index is 13.3. The number of piperidine rings is 1. The van der Waals surface area contributed by atoms with Gasteiger partial charge in [0.05, 0.1) is 37.5 Å². The molecule has 1 heterocycles. The third-order valence-electron chi connectivity index (χ3n) is 6.21. The Morgan fingerprint density at radius 3 is 1.97 bits per heavy atom. The van der Waals surface area contributed by atoms with Gasteiger partial charge in [-0.1, -0.05) is 17.7 Å². The van der Waals surface area contributed by atoms with Crippen LogP contribution < -0.4 is 14.8 Å². The van der Waals surface area contributed by atoms with Crippen molar-refractivity contribution in [1.82, 2.24) is 4.31 Å². The predicted molar refractivity (Wildman–Crippen MR) is 132 cm³/mol. The molecule has 0 spiro atoms. The molecule has 0 unspecified atom stereocenters. The number of esters is 1. The molecule has 2 aromatic carbocycles. The summed E-state index contributed by atoms with van der Waals surface area (Å²) >= 11 is 0. The predicted octanol–water partition coefficient (Wildman–Crippen LogP) is 3.46. The van der Waals surface area contributed by atoms with Crippen LogP contribution in [0.15, 0.2) is 29.2 Å². The number of carbonyl (C=O) groups excluding carboxylic acids is 2. The second-order valence-electron chi connectivity index (χ2n) is 8.64. The van der Waals surface area contributed by atoms with Gasteiger partial charge in [-0.25, -0.2) is 13.2 Å². The highest BCUT2D eigenvalue weighted by atomic mass is 32.2. The highest BCUT2D eigenvalue weighted by Gasteiger charge is 2.34. The largest absolute Gasteiger partial charge is 0.493 e. The van der Waals surface area contributed by atoms with E-state index >= 15 is 0 Å². The lowest BCUT2D eigenvalue weighted by Crippen LogP contribution is -2.41. The molecule has 0 aromatic heterocycles. The van der Waals surface area contributed by atoms with Crippen molar-refractivity contribution in [2.45, 2.75) is 38.5 Å². The van der Waals surface area contributed by atoms with Crippen molar-refractivity contribution in [3.63, 3.8) is 0 Å². The molecule has 9 nitrogen and oxygen atoms in total. The number of aryl methyl sites for hydroxylation is 3. The van der Waals surface area contributed by atoms with Crippen molar-refractivity contribution >= 4 is 27.6 Å². The summed E-state index contributed by atoms with van der Waals surface area (Å²) in [5.41, 5.74) is 2.80. The van der Waals surface area contributed by atoms with Crippen LogP contribution in [0, 0.1) is 26.7 Å². The number of rotatable bonds is 7. The van der Waals surface area contributed by atoms with Gasteiger partial charge in [-0.15, -0.1) is 0 Å². The topological polar surface area (TPSA) is 111 Å². The second-order valence-corrected chi connectivity index (χ2v) is 10.5. The average molecular weight is 505 g/mol. The zero-order valence-corrected chi connectivity index (χ0v) is 21.7. The van der Waals surface area contributed by atoms with E-state index in [0.717, 1.165) is 5.56 Å². The van der Waals surface area contributed by atoms with Crippen LogP contribution in [0.5, 0.6) is 11.5 Å². The summed E-state index contributed by atoms with van der Waals surface area (Å²) in [5.74, 6) is -0.681. The Labute approximate surface area is 206 Å². The van der Waals surface area contributed by atoms with E-state index in [0.29, 0.717) is 40.4 Å². The van der Waals surface area contributed by atoms with Gasteiger partial charge in [0.25, 0.3) is 0 Å². The van der Waals surface area contributed by atoms with Crippen LogP contribution in [-0.4, -0.2) is 59.0 Å². The zero-order chi connectivity index (χ0) is 25.9. The van der Waals surface area contributed by atoms with Crippen molar-refractivity contribution in [2.75, 3.05) is 39.7 Å². The molecule has 1 amide bonds. The fourth-order valence-electron chi connectivity index (χ4n) is 4.56. The lowest BCUT2D eigenvalue weighted by molar-refractivity contribution is -0.120. The fourth-order valence-corrected chi connectivity index (χ4v) is 6.44. The van der Waals surface area contributed by atoms with Gasteiger partial charge in [-0.2, -0.15) is 4.31 Å².